The van der Waals surface area contributed by atoms with Crippen LogP contribution in [0.1, 0.15) is 0 Å². The highest BCUT2D eigenvalue weighted by Crippen LogP contribution is 2.48. The maximum Gasteiger partial charge on any atom is 0.0541 e. The van der Waals surface area contributed by atoms with Crippen molar-refractivity contribution in [3.05, 3.63) is 122 Å². The molecule has 0 saturated heterocycles. The molecule has 35 heavy (non-hydrogen) atoms. The lowest BCUT2D eigenvalue weighted by atomic mass is 10.0. The number of fused-ring (bicyclic) bond motifs is 6. The molecular formula is C33H20N2. The van der Waals surface area contributed by atoms with Gasteiger partial charge in [0.05, 0.1) is 11.0 Å². The van der Waals surface area contributed by atoms with Gasteiger partial charge in [-0.3, -0.25) is 4.98 Å². The van der Waals surface area contributed by atoms with Crippen LogP contribution < -0.4 is 0 Å². The molecule has 1 aliphatic carbocycles. The summed E-state index contributed by atoms with van der Waals surface area (Å²) in [5, 5.41) is 5.13. The minimum atomic E-state index is 1.18. The number of para-hydroxylation sites is 1. The van der Waals surface area contributed by atoms with Gasteiger partial charge in [-0.15, -0.1) is 0 Å². The summed E-state index contributed by atoms with van der Waals surface area (Å²) in [5.74, 6) is 0. The Bertz CT molecular complexity index is 1940. The molecule has 7 aromatic rings. The van der Waals surface area contributed by atoms with Crippen LogP contribution in [-0.2, 0) is 0 Å². The van der Waals surface area contributed by atoms with E-state index in [0.717, 1.165) is 0 Å². The van der Waals surface area contributed by atoms with E-state index in [2.05, 4.69) is 119 Å². The highest BCUT2D eigenvalue weighted by Gasteiger charge is 2.23. The fourth-order valence-electron chi connectivity index (χ4n) is 5.88. The zero-order valence-corrected chi connectivity index (χ0v) is 18.9. The SMILES string of the molecule is c1ccc(-c2ccc3c(c2)c2ccccc2n3-c2cc3c4c(cccc4c2)-c2ccncc2-3)cc1. The fraction of sp³-hybridized carbons (Fsp3) is 0. The van der Waals surface area contributed by atoms with Crippen LogP contribution in [0.4, 0.5) is 0 Å². The topological polar surface area (TPSA) is 17.8 Å². The second-order valence-electron chi connectivity index (χ2n) is 9.27. The van der Waals surface area contributed by atoms with Gasteiger partial charge in [0, 0.05) is 34.4 Å². The molecule has 0 amide bonds. The van der Waals surface area contributed by atoms with E-state index in [-0.39, 0.29) is 0 Å². The molecule has 2 heteroatoms. The molecule has 5 aromatic carbocycles. The van der Waals surface area contributed by atoms with Crippen LogP contribution in [0.5, 0.6) is 0 Å². The van der Waals surface area contributed by atoms with Crippen molar-refractivity contribution in [2.24, 2.45) is 0 Å². The molecule has 0 aliphatic heterocycles. The molecule has 0 atom stereocenters. The average molecular weight is 445 g/mol. The van der Waals surface area contributed by atoms with Crippen LogP contribution in [0.15, 0.2) is 122 Å². The summed E-state index contributed by atoms with van der Waals surface area (Å²) in [5.41, 5.74) is 11.2. The van der Waals surface area contributed by atoms with Crippen LogP contribution in [0, 0.1) is 0 Å². The van der Waals surface area contributed by atoms with E-state index < -0.39 is 0 Å². The first-order valence-corrected chi connectivity index (χ1v) is 12.0. The first-order valence-electron chi connectivity index (χ1n) is 12.0. The molecule has 162 valence electrons. The second-order valence-corrected chi connectivity index (χ2v) is 9.27. The number of pyridine rings is 1. The van der Waals surface area contributed by atoms with E-state index in [4.69, 9.17) is 0 Å². The van der Waals surface area contributed by atoms with E-state index in [1.54, 1.807) is 0 Å². The van der Waals surface area contributed by atoms with Crippen molar-refractivity contribution in [1.82, 2.24) is 9.55 Å². The van der Waals surface area contributed by atoms with Crippen molar-refractivity contribution in [3.8, 4) is 39.1 Å². The van der Waals surface area contributed by atoms with Gasteiger partial charge in [0.2, 0.25) is 0 Å². The highest BCUT2D eigenvalue weighted by molar-refractivity contribution is 6.16. The van der Waals surface area contributed by atoms with Crippen LogP contribution in [0.25, 0.3) is 71.6 Å². The lowest BCUT2D eigenvalue weighted by Crippen LogP contribution is -1.95. The van der Waals surface area contributed by atoms with Gasteiger partial charge in [-0.2, -0.15) is 0 Å². The Morgan fingerprint density at radius 3 is 2.31 bits per heavy atom. The zero-order chi connectivity index (χ0) is 22.9. The minimum absolute atomic E-state index is 1.18. The molecule has 1 aliphatic rings. The summed E-state index contributed by atoms with van der Waals surface area (Å²) >= 11 is 0. The van der Waals surface area contributed by atoms with E-state index in [1.807, 2.05) is 12.4 Å². The highest BCUT2D eigenvalue weighted by atomic mass is 15.0. The number of rotatable bonds is 2. The standard InChI is InChI=1S/C33H20N2/c1-2-7-21(8-3-1)22-13-14-32-28(18-22)26-10-4-5-12-31(26)35(32)24-17-23-9-6-11-27-25-15-16-34-20-30(25)29(19-24)33(23)27/h1-20H. The molecule has 2 heterocycles. The molecule has 2 nitrogen and oxygen atoms in total. The monoisotopic (exact) mass is 444 g/mol. The predicted octanol–water partition coefficient (Wildman–Crippen LogP) is 8.65. The van der Waals surface area contributed by atoms with Crippen molar-refractivity contribution in [1.29, 1.82) is 0 Å². The molecule has 0 saturated carbocycles. The molecular weight excluding hydrogens is 424 g/mol. The molecule has 0 bridgehead atoms. The fourth-order valence-corrected chi connectivity index (χ4v) is 5.88. The molecule has 0 spiro atoms. The van der Waals surface area contributed by atoms with Crippen LogP contribution in [-0.4, -0.2) is 9.55 Å². The maximum atomic E-state index is 4.45. The third kappa shape index (κ3) is 2.57. The molecule has 2 aromatic heterocycles. The van der Waals surface area contributed by atoms with E-state index in [9.17, 15) is 0 Å². The van der Waals surface area contributed by atoms with Gasteiger partial charge in [-0.1, -0.05) is 72.8 Å². The molecule has 0 N–H and O–H groups in total. The van der Waals surface area contributed by atoms with Gasteiger partial charge in [0.25, 0.3) is 0 Å². The Morgan fingerprint density at radius 2 is 1.37 bits per heavy atom. The number of nitrogens with zero attached hydrogens (tertiary/aromatic N) is 2. The van der Waals surface area contributed by atoms with Crippen LogP contribution in [0.3, 0.4) is 0 Å². The van der Waals surface area contributed by atoms with E-state index in [1.165, 1.54) is 71.6 Å². The Labute approximate surface area is 202 Å². The second kappa shape index (κ2) is 6.91. The molecule has 8 rings (SSSR count). The van der Waals surface area contributed by atoms with Gasteiger partial charge in [-0.25, -0.2) is 0 Å². The quantitative estimate of drug-likeness (QED) is 0.261. The van der Waals surface area contributed by atoms with Crippen molar-refractivity contribution < 1.29 is 0 Å². The Kier molecular flexibility index (Phi) is 3.69. The summed E-state index contributed by atoms with van der Waals surface area (Å²) in [6, 6.07) is 39.6. The van der Waals surface area contributed by atoms with Crippen LogP contribution >= 0.6 is 0 Å². The summed E-state index contributed by atoms with van der Waals surface area (Å²) in [6.45, 7) is 0. The van der Waals surface area contributed by atoms with Crippen LogP contribution in [0.2, 0.25) is 0 Å². The third-order valence-corrected chi connectivity index (χ3v) is 7.40. The first kappa shape index (κ1) is 18.7. The normalized spacial score (nSPS) is 12.0. The van der Waals surface area contributed by atoms with Gasteiger partial charge in [0.15, 0.2) is 0 Å². The average Bonchev–Trinajstić information content (AvgIpc) is 3.43. The van der Waals surface area contributed by atoms with Crippen molar-refractivity contribution in [3.63, 3.8) is 0 Å². The van der Waals surface area contributed by atoms with Crippen molar-refractivity contribution in [2.45, 2.75) is 0 Å². The third-order valence-electron chi connectivity index (χ3n) is 7.40. The van der Waals surface area contributed by atoms with Crippen molar-refractivity contribution >= 4 is 32.6 Å². The van der Waals surface area contributed by atoms with Gasteiger partial charge in [0.1, 0.15) is 0 Å². The first-order chi connectivity index (χ1) is 17.4. The smallest absolute Gasteiger partial charge is 0.0541 e. The predicted molar refractivity (Wildman–Crippen MR) is 146 cm³/mol. The Morgan fingerprint density at radius 1 is 0.514 bits per heavy atom. The van der Waals surface area contributed by atoms with Gasteiger partial charge < -0.3 is 4.57 Å². The Balaban J connectivity index is 1.45. The number of benzene rings is 5. The zero-order valence-electron chi connectivity index (χ0n) is 18.9. The minimum Gasteiger partial charge on any atom is -0.309 e. The maximum absolute atomic E-state index is 4.45. The number of hydrogen-bond acceptors (Lipinski definition) is 1. The van der Waals surface area contributed by atoms with E-state index in [0.29, 0.717) is 0 Å². The van der Waals surface area contributed by atoms with Gasteiger partial charge >= 0.3 is 0 Å². The molecule has 0 radical (unpaired) electrons. The summed E-state index contributed by atoms with van der Waals surface area (Å²) in [6.07, 6.45) is 3.90. The summed E-state index contributed by atoms with van der Waals surface area (Å²) in [7, 11) is 0. The Hall–Kier alpha value is -4.69. The number of hydrogen-bond donors (Lipinski definition) is 0. The van der Waals surface area contributed by atoms with Crippen molar-refractivity contribution in [2.75, 3.05) is 0 Å². The van der Waals surface area contributed by atoms with Gasteiger partial charge in [-0.05, 0) is 75.0 Å². The lowest BCUT2D eigenvalue weighted by Gasteiger charge is -2.12. The molecule has 0 fully saturated rings. The summed E-state index contributed by atoms with van der Waals surface area (Å²) < 4.78 is 2.41. The largest absolute Gasteiger partial charge is 0.309 e. The molecule has 0 unspecified atom stereocenters. The number of aromatic nitrogens is 2. The lowest BCUT2D eigenvalue weighted by molar-refractivity contribution is 1.19. The summed E-state index contributed by atoms with van der Waals surface area (Å²) in [4.78, 5) is 4.45. The van der Waals surface area contributed by atoms with E-state index >= 15 is 0 Å².